The number of fused-ring (bicyclic) bond motifs is 1. The van der Waals surface area contributed by atoms with Crippen LogP contribution in [0.3, 0.4) is 0 Å². The van der Waals surface area contributed by atoms with Crippen LogP contribution in [0.5, 0.6) is 0 Å². The summed E-state index contributed by atoms with van der Waals surface area (Å²) < 4.78 is 2.01. The van der Waals surface area contributed by atoms with Crippen molar-refractivity contribution in [3.63, 3.8) is 0 Å². The fourth-order valence-corrected chi connectivity index (χ4v) is 3.45. The number of likely N-dealkylation sites (tertiary alicyclic amines) is 1. The van der Waals surface area contributed by atoms with Crippen molar-refractivity contribution in [3.05, 3.63) is 42.4 Å². The summed E-state index contributed by atoms with van der Waals surface area (Å²) in [4.78, 5) is 31.1. The molecule has 1 aliphatic rings. The van der Waals surface area contributed by atoms with Crippen LogP contribution in [0.15, 0.2) is 31.0 Å². The summed E-state index contributed by atoms with van der Waals surface area (Å²) >= 11 is 0. The minimum absolute atomic E-state index is 0.0337. The fraction of sp³-hybridized carbons (Fsp3) is 0.444. The summed E-state index contributed by atoms with van der Waals surface area (Å²) in [5.41, 5.74) is 2.20. The SMILES string of the molecule is CC(C)n1cnc2cc(C(=O)N3CCC(c4ncc[nH]4)CC3)cnc21. The summed E-state index contributed by atoms with van der Waals surface area (Å²) in [6.45, 7) is 5.65. The molecule has 0 atom stereocenters. The van der Waals surface area contributed by atoms with E-state index < -0.39 is 0 Å². The molecular weight excluding hydrogens is 316 g/mol. The Morgan fingerprint density at radius 3 is 2.72 bits per heavy atom. The normalized spacial score (nSPS) is 16.0. The highest BCUT2D eigenvalue weighted by Gasteiger charge is 2.26. The van der Waals surface area contributed by atoms with Gasteiger partial charge in [-0.3, -0.25) is 4.79 Å². The third-order valence-electron chi connectivity index (χ3n) is 4.90. The fourth-order valence-electron chi connectivity index (χ4n) is 3.45. The molecule has 0 radical (unpaired) electrons. The van der Waals surface area contributed by atoms with Gasteiger partial charge in [0.1, 0.15) is 11.3 Å². The molecule has 3 aromatic heterocycles. The van der Waals surface area contributed by atoms with Crippen LogP contribution in [0.4, 0.5) is 0 Å². The second-order valence-corrected chi connectivity index (χ2v) is 6.85. The van der Waals surface area contributed by atoms with Crippen molar-refractivity contribution in [2.24, 2.45) is 0 Å². The number of carbonyl (C=O) groups is 1. The minimum Gasteiger partial charge on any atom is -0.348 e. The molecule has 130 valence electrons. The van der Waals surface area contributed by atoms with Crippen LogP contribution < -0.4 is 0 Å². The van der Waals surface area contributed by atoms with Crippen molar-refractivity contribution in [2.45, 2.75) is 38.6 Å². The number of hydrogen-bond donors (Lipinski definition) is 1. The van der Waals surface area contributed by atoms with E-state index in [9.17, 15) is 4.79 Å². The molecule has 0 aliphatic carbocycles. The molecule has 0 unspecified atom stereocenters. The third-order valence-corrected chi connectivity index (χ3v) is 4.90. The van der Waals surface area contributed by atoms with E-state index >= 15 is 0 Å². The van der Waals surface area contributed by atoms with Gasteiger partial charge in [0.2, 0.25) is 0 Å². The Balaban J connectivity index is 1.49. The molecule has 1 N–H and O–H groups in total. The Bertz CT molecular complexity index is 874. The van der Waals surface area contributed by atoms with Crippen molar-refractivity contribution in [1.29, 1.82) is 0 Å². The van der Waals surface area contributed by atoms with Gasteiger partial charge in [-0.25, -0.2) is 15.0 Å². The predicted molar refractivity (Wildman–Crippen MR) is 94.4 cm³/mol. The van der Waals surface area contributed by atoms with Crippen molar-refractivity contribution in [2.75, 3.05) is 13.1 Å². The summed E-state index contributed by atoms with van der Waals surface area (Å²) in [6.07, 6.45) is 8.94. The van der Waals surface area contributed by atoms with E-state index in [-0.39, 0.29) is 5.91 Å². The van der Waals surface area contributed by atoms with Gasteiger partial charge >= 0.3 is 0 Å². The topological polar surface area (TPSA) is 79.7 Å². The lowest BCUT2D eigenvalue weighted by Gasteiger charge is -2.31. The Kier molecular flexibility index (Phi) is 3.99. The van der Waals surface area contributed by atoms with Crippen molar-refractivity contribution < 1.29 is 4.79 Å². The quantitative estimate of drug-likeness (QED) is 0.796. The van der Waals surface area contributed by atoms with Crippen molar-refractivity contribution >= 4 is 17.1 Å². The van der Waals surface area contributed by atoms with Gasteiger partial charge in [-0.05, 0) is 32.8 Å². The molecule has 7 nitrogen and oxygen atoms in total. The number of carbonyl (C=O) groups excluding carboxylic acids is 1. The first-order valence-corrected chi connectivity index (χ1v) is 8.74. The Morgan fingerprint density at radius 2 is 2.04 bits per heavy atom. The second kappa shape index (κ2) is 6.31. The minimum atomic E-state index is 0.0337. The first-order chi connectivity index (χ1) is 12.1. The summed E-state index contributed by atoms with van der Waals surface area (Å²) in [5, 5.41) is 0. The zero-order valence-electron chi connectivity index (χ0n) is 14.5. The van der Waals surface area contributed by atoms with Gasteiger partial charge < -0.3 is 14.5 Å². The molecule has 0 bridgehead atoms. The zero-order valence-corrected chi connectivity index (χ0v) is 14.5. The van der Waals surface area contributed by atoms with Crippen LogP contribution in [0, 0.1) is 0 Å². The van der Waals surface area contributed by atoms with E-state index in [2.05, 4.69) is 33.8 Å². The molecule has 0 saturated carbocycles. The highest BCUT2D eigenvalue weighted by atomic mass is 16.2. The van der Waals surface area contributed by atoms with Gasteiger partial charge in [0, 0.05) is 43.6 Å². The van der Waals surface area contributed by atoms with Gasteiger partial charge in [0.15, 0.2) is 5.65 Å². The number of nitrogens with zero attached hydrogens (tertiary/aromatic N) is 5. The molecule has 0 spiro atoms. The maximum absolute atomic E-state index is 12.8. The van der Waals surface area contributed by atoms with Gasteiger partial charge in [0.05, 0.1) is 11.9 Å². The summed E-state index contributed by atoms with van der Waals surface area (Å²) in [5.74, 6) is 1.46. The number of rotatable bonds is 3. The number of nitrogens with one attached hydrogen (secondary N) is 1. The molecule has 1 fully saturated rings. The van der Waals surface area contributed by atoms with Crippen LogP contribution in [0.1, 0.15) is 54.8 Å². The van der Waals surface area contributed by atoms with Gasteiger partial charge in [-0.15, -0.1) is 0 Å². The van der Waals surface area contributed by atoms with Crippen LogP contribution in [0.25, 0.3) is 11.2 Å². The second-order valence-electron chi connectivity index (χ2n) is 6.85. The lowest BCUT2D eigenvalue weighted by molar-refractivity contribution is 0.0711. The first-order valence-electron chi connectivity index (χ1n) is 8.74. The summed E-state index contributed by atoms with van der Waals surface area (Å²) in [7, 11) is 0. The number of aromatic nitrogens is 5. The molecule has 0 aromatic carbocycles. The van der Waals surface area contributed by atoms with Crippen LogP contribution in [0.2, 0.25) is 0 Å². The number of amides is 1. The van der Waals surface area contributed by atoms with Gasteiger partial charge in [-0.1, -0.05) is 0 Å². The number of H-pyrrole nitrogens is 1. The highest BCUT2D eigenvalue weighted by molar-refractivity contribution is 5.96. The Morgan fingerprint density at radius 1 is 1.24 bits per heavy atom. The van der Waals surface area contributed by atoms with E-state index in [1.165, 1.54) is 0 Å². The van der Waals surface area contributed by atoms with E-state index in [0.29, 0.717) is 17.5 Å². The highest BCUT2D eigenvalue weighted by Crippen LogP contribution is 2.26. The van der Waals surface area contributed by atoms with E-state index in [1.54, 1.807) is 18.7 Å². The molecule has 4 rings (SSSR count). The average Bonchev–Trinajstić information content (AvgIpc) is 3.30. The maximum atomic E-state index is 12.8. The van der Waals surface area contributed by atoms with Crippen LogP contribution in [-0.4, -0.2) is 48.4 Å². The largest absolute Gasteiger partial charge is 0.348 e. The molecule has 1 amide bonds. The monoisotopic (exact) mass is 338 g/mol. The molecule has 25 heavy (non-hydrogen) atoms. The molecule has 4 heterocycles. The van der Waals surface area contributed by atoms with E-state index in [4.69, 9.17) is 0 Å². The first kappa shape index (κ1) is 15.8. The lowest BCUT2D eigenvalue weighted by Crippen LogP contribution is -2.38. The number of piperidine rings is 1. The lowest BCUT2D eigenvalue weighted by atomic mass is 9.96. The van der Waals surface area contributed by atoms with Crippen molar-refractivity contribution in [3.8, 4) is 0 Å². The number of hydrogen-bond acceptors (Lipinski definition) is 4. The Labute approximate surface area is 146 Å². The number of aromatic amines is 1. The third kappa shape index (κ3) is 2.90. The van der Waals surface area contributed by atoms with Gasteiger partial charge in [0.25, 0.3) is 5.91 Å². The van der Waals surface area contributed by atoms with Crippen LogP contribution >= 0.6 is 0 Å². The van der Waals surface area contributed by atoms with E-state index in [0.717, 1.165) is 42.9 Å². The van der Waals surface area contributed by atoms with Crippen LogP contribution in [-0.2, 0) is 0 Å². The average molecular weight is 338 g/mol. The zero-order chi connectivity index (χ0) is 17.4. The smallest absolute Gasteiger partial charge is 0.255 e. The molecule has 1 aliphatic heterocycles. The van der Waals surface area contributed by atoms with E-state index in [1.807, 2.05) is 21.7 Å². The maximum Gasteiger partial charge on any atom is 0.255 e. The molecule has 1 saturated heterocycles. The van der Waals surface area contributed by atoms with Gasteiger partial charge in [-0.2, -0.15) is 0 Å². The van der Waals surface area contributed by atoms with Crippen molar-refractivity contribution in [1.82, 2.24) is 29.4 Å². The Hall–Kier alpha value is -2.70. The molecule has 7 heteroatoms. The number of imidazole rings is 2. The molecular formula is C18H22N6O. The standard InChI is InChI=1S/C18H22N6O/c1-12(2)24-11-22-15-9-14(10-21-17(15)24)18(25)23-7-3-13(4-8-23)16-19-5-6-20-16/h5-6,9-13H,3-4,7-8H2,1-2H3,(H,19,20). The summed E-state index contributed by atoms with van der Waals surface area (Å²) in [6, 6.07) is 2.14. The predicted octanol–water partition coefficient (Wildman–Crippen LogP) is 2.76. The number of pyridine rings is 1. The molecule has 3 aromatic rings.